The molecule has 1 aromatic carbocycles. The maximum absolute atomic E-state index is 12.3. The third-order valence-corrected chi connectivity index (χ3v) is 8.07. The largest absolute Gasteiger partial charge is 0.461 e. The smallest absolute Gasteiger partial charge is 0.307 e. The predicted octanol–water partition coefficient (Wildman–Crippen LogP) is 8.71. The first-order valence-corrected chi connectivity index (χ1v) is 16.7. The minimum Gasteiger partial charge on any atom is -0.461 e. The monoisotopic (exact) mass is 613 g/mol. The zero-order valence-electron chi connectivity index (χ0n) is 26.8. The van der Waals surface area contributed by atoms with Crippen molar-refractivity contribution in [3.05, 3.63) is 40.5 Å². The molecule has 3 aromatic rings. The highest BCUT2D eigenvalue weighted by Crippen LogP contribution is 2.32. The number of benzene rings is 1. The van der Waals surface area contributed by atoms with E-state index < -0.39 is 0 Å². The van der Waals surface area contributed by atoms with Crippen LogP contribution in [-0.4, -0.2) is 38.2 Å². The number of aromatic nitrogens is 4. The number of esters is 1. The second kappa shape index (κ2) is 18.1. The summed E-state index contributed by atoms with van der Waals surface area (Å²) in [7, 11) is 0. The van der Waals surface area contributed by atoms with Crippen molar-refractivity contribution in [3.8, 4) is 11.4 Å². The van der Waals surface area contributed by atoms with Gasteiger partial charge in [-0.3, -0.25) is 9.59 Å². The molecule has 0 unspecified atom stereocenters. The van der Waals surface area contributed by atoms with Crippen LogP contribution in [0.2, 0.25) is 5.02 Å². The third kappa shape index (κ3) is 12.0. The average molecular weight is 614 g/mol. The molecule has 1 amide bonds. The summed E-state index contributed by atoms with van der Waals surface area (Å²) < 4.78 is 6.97. The summed E-state index contributed by atoms with van der Waals surface area (Å²) in [4.78, 5) is 27.6. The summed E-state index contributed by atoms with van der Waals surface area (Å²) in [5, 5.41) is 12.5. The molecule has 0 saturated carbocycles. The summed E-state index contributed by atoms with van der Waals surface area (Å²) in [6.45, 7) is 8.87. The van der Waals surface area contributed by atoms with E-state index >= 15 is 0 Å². The molecule has 0 aliphatic rings. The molecule has 2 heterocycles. The van der Waals surface area contributed by atoms with Gasteiger partial charge in [0.15, 0.2) is 11.5 Å². The van der Waals surface area contributed by atoms with Gasteiger partial charge in [0.05, 0.1) is 12.1 Å². The number of ether oxygens (including phenoxy) is 1. The Morgan fingerprint density at radius 2 is 1.53 bits per heavy atom. The van der Waals surface area contributed by atoms with Gasteiger partial charge in [-0.05, 0) is 18.1 Å². The molecule has 0 aliphatic carbocycles. The van der Waals surface area contributed by atoms with Gasteiger partial charge in [0.1, 0.15) is 11.6 Å². The highest BCUT2D eigenvalue weighted by atomic mass is 35.5. The number of nitrogens with zero attached hydrogens (tertiary/aromatic N) is 3. The first-order valence-electron chi connectivity index (χ1n) is 16.4. The van der Waals surface area contributed by atoms with Crippen molar-refractivity contribution in [1.82, 2.24) is 25.1 Å². The standard InChI is InChI=1S/C34H52ClN5O3/c1-5-6-7-8-9-10-11-12-13-14-15-16-17-21-28(41)36-23-22-29(42)43-25-26-19-18-20-27(24-26)32-37-33-30(35)31(34(2,3)4)38-40(33)39-32/h18-20,24H,5-17,21-23,25H2,1-4H3,(H,36,41)(H,37,39). The fourth-order valence-electron chi connectivity index (χ4n) is 5.15. The lowest BCUT2D eigenvalue weighted by Crippen LogP contribution is -2.26. The number of carbonyl (C=O) groups is 2. The van der Waals surface area contributed by atoms with E-state index in [9.17, 15) is 9.59 Å². The average Bonchev–Trinajstić information content (AvgIpc) is 3.54. The first-order chi connectivity index (χ1) is 20.7. The number of hydrogen-bond acceptors (Lipinski definition) is 5. The second-order valence-electron chi connectivity index (χ2n) is 12.7. The molecule has 0 saturated heterocycles. The van der Waals surface area contributed by atoms with Crippen molar-refractivity contribution in [1.29, 1.82) is 0 Å². The van der Waals surface area contributed by atoms with E-state index in [0.717, 1.165) is 29.7 Å². The van der Waals surface area contributed by atoms with Gasteiger partial charge in [0, 0.05) is 23.9 Å². The van der Waals surface area contributed by atoms with Gasteiger partial charge in [0.2, 0.25) is 5.91 Å². The molecule has 2 N–H and O–H groups in total. The molecule has 0 aliphatic heterocycles. The summed E-state index contributed by atoms with van der Waals surface area (Å²) in [5.74, 6) is 0.289. The predicted molar refractivity (Wildman–Crippen MR) is 174 cm³/mol. The Kier molecular flexibility index (Phi) is 14.5. The lowest BCUT2D eigenvalue weighted by molar-refractivity contribution is -0.144. The molecule has 0 atom stereocenters. The van der Waals surface area contributed by atoms with Gasteiger partial charge in [0.25, 0.3) is 0 Å². The highest BCUT2D eigenvalue weighted by Gasteiger charge is 2.25. The van der Waals surface area contributed by atoms with Gasteiger partial charge in [-0.2, -0.15) is 5.10 Å². The first kappa shape index (κ1) is 34.6. The van der Waals surface area contributed by atoms with E-state index in [1.165, 1.54) is 75.3 Å². The Labute approximate surface area is 262 Å². The molecule has 0 bridgehead atoms. The Morgan fingerprint density at radius 1 is 0.907 bits per heavy atom. The van der Waals surface area contributed by atoms with Crippen LogP contribution >= 0.6 is 11.6 Å². The van der Waals surface area contributed by atoms with Crippen molar-refractivity contribution in [2.75, 3.05) is 6.54 Å². The van der Waals surface area contributed by atoms with E-state index in [1.54, 1.807) is 0 Å². The molecule has 43 heavy (non-hydrogen) atoms. The number of rotatable bonds is 20. The van der Waals surface area contributed by atoms with Crippen molar-refractivity contribution >= 4 is 29.1 Å². The van der Waals surface area contributed by atoms with Crippen LogP contribution in [0.15, 0.2) is 24.3 Å². The zero-order valence-corrected chi connectivity index (χ0v) is 27.5. The Bertz CT molecular complexity index is 1280. The van der Waals surface area contributed by atoms with Crippen molar-refractivity contribution in [2.45, 2.75) is 136 Å². The lowest BCUT2D eigenvalue weighted by Gasteiger charge is -2.14. The van der Waals surface area contributed by atoms with E-state index in [1.807, 2.05) is 24.3 Å². The normalized spacial score (nSPS) is 11.7. The number of halogens is 1. The summed E-state index contributed by atoms with van der Waals surface area (Å²) >= 11 is 6.56. The van der Waals surface area contributed by atoms with E-state index in [4.69, 9.17) is 16.3 Å². The maximum Gasteiger partial charge on any atom is 0.307 e. The van der Waals surface area contributed by atoms with Crippen LogP contribution in [0, 0.1) is 0 Å². The number of fused-ring (bicyclic) bond motifs is 1. The maximum atomic E-state index is 12.3. The quantitative estimate of drug-likeness (QED) is 0.0980. The number of aromatic amines is 1. The number of unbranched alkanes of at least 4 members (excludes halogenated alkanes) is 12. The van der Waals surface area contributed by atoms with Gasteiger partial charge < -0.3 is 15.0 Å². The topological polar surface area (TPSA) is 101 Å². The molecule has 0 fully saturated rings. The van der Waals surface area contributed by atoms with Gasteiger partial charge in [-0.1, -0.05) is 135 Å². The Balaban J connectivity index is 1.25. The van der Waals surface area contributed by atoms with Gasteiger partial charge >= 0.3 is 5.97 Å². The van der Waals surface area contributed by atoms with Gasteiger partial charge in [-0.15, -0.1) is 9.73 Å². The van der Waals surface area contributed by atoms with E-state index in [2.05, 4.69) is 48.2 Å². The van der Waals surface area contributed by atoms with Crippen LogP contribution in [0.1, 0.15) is 135 Å². The number of amides is 1. The number of nitrogens with one attached hydrogen (secondary N) is 2. The zero-order chi connectivity index (χ0) is 31.1. The lowest BCUT2D eigenvalue weighted by atomic mass is 9.92. The summed E-state index contributed by atoms with van der Waals surface area (Å²) in [5.41, 5.74) is 2.93. The molecule has 0 radical (unpaired) electrons. The molecule has 0 spiro atoms. The molecule has 3 rings (SSSR count). The number of H-pyrrole nitrogens is 1. The van der Waals surface area contributed by atoms with Crippen LogP contribution < -0.4 is 5.32 Å². The molecule has 238 valence electrons. The molecular formula is C34H52ClN5O3. The molecule has 8 nitrogen and oxygen atoms in total. The van der Waals surface area contributed by atoms with Crippen molar-refractivity contribution < 1.29 is 14.3 Å². The van der Waals surface area contributed by atoms with E-state index in [0.29, 0.717) is 29.5 Å². The minimum absolute atomic E-state index is 0.00286. The second-order valence-corrected chi connectivity index (χ2v) is 13.1. The fraction of sp³-hybridized carbons (Fsp3) is 0.647. The van der Waals surface area contributed by atoms with Crippen molar-refractivity contribution in [2.24, 2.45) is 0 Å². The van der Waals surface area contributed by atoms with E-state index in [-0.39, 0.29) is 30.3 Å². The SMILES string of the molecule is CCCCCCCCCCCCCCCC(=O)NCCC(=O)OCc1cccc(-c2nn3nc(C(C)(C)C)c(Cl)c3[nH]2)c1. The summed E-state index contributed by atoms with van der Waals surface area (Å²) in [6.07, 6.45) is 17.3. The minimum atomic E-state index is -0.343. The van der Waals surface area contributed by atoms with Crippen LogP contribution in [0.3, 0.4) is 0 Å². The third-order valence-electron chi connectivity index (χ3n) is 7.71. The highest BCUT2D eigenvalue weighted by molar-refractivity contribution is 6.34. The molecule has 9 heteroatoms. The number of carbonyl (C=O) groups excluding carboxylic acids is 2. The van der Waals surface area contributed by atoms with Crippen molar-refractivity contribution in [3.63, 3.8) is 0 Å². The number of hydrogen-bond donors (Lipinski definition) is 2. The Hall–Kier alpha value is -2.87. The molecular weight excluding hydrogens is 562 g/mol. The summed E-state index contributed by atoms with van der Waals surface area (Å²) in [6, 6.07) is 7.63. The van der Waals surface area contributed by atoms with Crippen LogP contribution in [0.5, 0.6) is 0 Å². The van der Waals surface area contributed by atoms with Crippen LogP contribution in [-0.2, 0) is 26.3 Å². The van der Waals surface area contributed by atoms with Crippen LogP contribution in [0.25, 0.3) is 17.0 Å². The Morgan fingerprint density at radius 3 is 2.14 bits per heavy atom. The van der Waals surface area contributed by atoms with Gasteiger partial charge in [-0.25, -0.2) is 0 Å². The van der Waals surface area contributed by atoms with Crippen LogP contribution in [0.4, 0.5) is 0 Å². The fourth-order valence-corrected chi connectivity index (χ4v) is 5.59. The molecule has 2 aromatic heterocycles.